The summed E-state index contributed by atoms with van der Waals surface area (Å²) in [7, 11) is -3.65. The molecule has 17 heavy (non-hydrogen) atoms. The number of furan rings is 1. The van der Waals surface area contributed by atoms with Crippen LogP contribution in [0.5, 0.6) is 0 Å². The van der Waals surface area contributed by atoms with Gasteiger partial charge >= 0.3 is 4.87 Å². The molecule has 0 amide bonds. The summed E-state index contributed by atoms with van der Waals surface area (Å²) in [6.45, 7) is 1.68. The molecule has 6 nitrogen and oxygen atoms in total. The van der Waals surface area contributed by atoms with Crippen LogP contribution in [0.2, 0.25) is 0 Å². The van der Waals surface area contributed by atoms with Gasteiger partial charge in [-0.2, -0.15) is 0 Å². The molecule has 0 fully saturated rings. The summed E-state index contributed by atoms with van der Waals surface area (Å²) in [5.41, 5.74) is 1.06. The lowest BCUT2D eigenvalue weighted by Gasteiger charge is -2.03. The molecule has 2 heterocycles. The maximum atomic E-state index is 11.9. The van der Waals surface area contributed by atoms with Gasteiger partial charge in [-0.1, -0.05) is 11.3 Å². The lowest BCUT2D eigenvalue weighted by atomic mass is 10.4. The van der Waals surface area contributed by atoms with Crippen LogP contribution in [0.3, 0.4) is 0 Å². The number of hydrogen-bond donors (Lipinski definition) is 2. The van der Waals surface area contributed by atoms with Gasteiger partial charge in [0.1, 0.15) is 0 Å². The Kier molecular flexibility index (Phi) is 3.18. The second-order valence-corrected chi connectivity index (χ2v) is 6.33. The van der Waals surface area contributed by atoms with Crippen LogP contribution in [0, 0.1) is 6.92 Å². The molecule has 0 aliphatic heterocycles. The van der Waals surface area contributed by atoms with Crippen LogP contribution in [-0.4, -0.2) is 13.4 Å². The number of sulfonamides is 1. The van der Waals surface area contributed by atoms with Crippen molar-refractivity contribution in [2.45, 2.75) is 17.7 Å². The SMILES string of the molecule is Cc1[nH]c(=O)sc1S(=O)(=O)NCc1ccoc1. The fraction of sp³-hybridized carbons (Fsp3) is 0.222. The minimum atomic E-state index is -3.65. The molecule has 0 saturated carbocycles. The maximum absolute atomic E-state index is 11.9. The van der Waals surface area contributed by atoms with Gasteiger partial charge in [0.05, 0.1) is 12.5 Å². The fourth-order valence-electron chi connectivity index (χ4n) is 1.28. The summed E-state index contributed by atoms with van der Waals surface area (Å²) < 4.78 is 31.0. The summed E-state index contributed by atoms with van der Waals surface area (Å²) in [6, 6.07) is 1.66. The lowest BCUT2D eigenvalue weighted by molar-refractivity contribution is 0.561. The van der Waals surface area contributed by atoms with Crippen molar-refractivity contribution in [1.82, 2.24) is 9.71 Å². The fourth-order valence-corrected chi connectivity index (χ4v) is 3.65. The van der Waals surface area contributed by atoms with Crippen molar-refractivity contribution in [2.24, 2.45) is 0 Å². The Morgan fingerprint density at radius 2 is 2.29 bits per heavy atom. The van der Waals surface area contributed by atoms with E-state index in [9.17, 15) is 13.2 Å². The van der Waals surface area contributed by atoms with Crippen LogP contribution in [-0.2, 0) is 16.6 Å². The van der Waals surface area contributed by atoms with E-state index in [1.807, 2.05) is 0 Å². The molecule has 0 radical (unpaired) electrons. The highest BCUT2D eigenvalue weighted by Crippen LogP contribution is 2.15. The number of hydrogen-bond acceptors (Lipinski definition) is 5. The molecule has 0 atom stereocenters. The van der Waals surface area contributed by atoms with Crippen LogP contribution in [0.25, 0.3) is 0 Å². The van der Waals surface area contributed by atoms with E-state index in [4.69, 9.17) is 4.42 Å². The van der Waals surface area contributed by atoms with Crippen molar-refractivity contribution in [1.29, 1.82) is 0 Å². The molecular weight excluding hydrogens is 264 g/mol. The Balaban J connectivity index is 2.20. The van der Waals surface area contributed by atoms with E-state index in [-0.39, 0.29) is 15.6 Å². The highest BCUT2D eigenvalue weighted by Gasteiger charge is 2.20. The Bertz CT molecular complexity index is 651. The van der Waals surface area contributed by atoms with Gasteiger partial charge in [0.2, 0.25) is 0 Å². The molecule has 0 aliphatic carbocycles. The number of H-pyrrole nitrogens is 1. The Hall–Kier alpha value is -1.38. The predicted molar refractivity (Wildman–Crippen MR) is 62.4 cm³/mol. The lowest BCUT2D eigenvalue weighted by Crippen LogP contribution is -2.22. The summed E-state index contributed by atoms with van der Waals surface area (Å²) in [6.07, 6.45) is 2.92. The molecule has 0 aliphatic rings. The summed E-state index contributed by atoms with van der Waals surface area (Å²) in [5.74, 6) is 0. The van der Waals surface area contributed by atoms with E-state index in [0.717, 1.165) is 0 Å². The van der Waals surface area contributed by atoms with Crippen molar-refractivity contribution in [3.05, 3.63) is 39.5 Å². The van der Waals surface area contributed by atoms with E-state index in [0.29, 0.717) is 22.6 Å². The van der Waals surface area contributed by atoms with Crippen molar-refractivity contribution < 1.29 is 12.8 Å². The average molecular weight is 274 g/mol. The van der Waals surface area contributed by atoms with Crippen molar-refractivity contribution in [3.8, 4) is 0 Å². The smallest absolute Gasteiger partial charge is 0.305 e. The number of aryl methyl sites for hydroxylation is 1. The van der Waals surface area contributed by atoms with Crippen LogP contribution in [0.4, 0.5) is 0 Å². The van der Waals surface area contributed by atoms with E-state index in [2.05, 4.69) is 9.71 Å². The molecule has 2 rings (SSSR count). The van der Waals surface area contributed by atoms with Crippen LogP contribution in [0.1, 0.15) is 11.3 Å². The zero-order valence-electron chi connectivity index (χ0n) is 8.89. The van der Waals surface area contributed by atoms with Gasteiger partial charge < -0.3 is 9.40 Å². The maximum Gasteiger partial charge on any atom is 0.305 e. The van der Waals surface area contributed by atoms with Crippen molar-refractivity contribution >= 4 is 21.4 Å². The predicted octanol–water partition coefficient (Wildman–Crippen LogP) is 0.816. The number of aromatic amines is 1. The summed E-state index contributed by atoms with van der Waals surface area (Å²) >= 11 is 0.673. The molecule has 0 bridgehead atoms. The standard InChI is InChI=1S/C9H10N2O4S2/c1-6-8(16-9(12)11-6)17(13,14)10-4-7-2-3-15-5-7/h2-3,5,10H,4H2,1H3,(H,11,12). The zero-order valence-corrected chi connectivity index (χ0v) is 10.5. The van der Waals surface area contributed by atoms with Crippen LogP contribution in [0.15, 0.2) is 32.0 Å². The Morgan fingerprint density at radius 1 is 1.53 bits per heavy atom. The Morgan fingerprint density at radius 3 is 2.82 bits per heavy atom. The van der Waals surface area contributed by atoms with Gasteiger partial charge in [-0.15, -0.1) is 0 Å². The second-order valence-electron chi connectivity index (χ2n) is 3.38. The monoisotopic (exact) mass is 274 g/mol. The highest BCUT2D eigenvalue weighted by molar-refractivity contribution is 7.91. The average Bonchev–Trinajstić information content (AvgIpc) is 2.85. The Labute approximate surface area is 101 Å². The third kappa shape index (κ3) is 2.65. The summed E-state index contributed by atoms with van der Waals surface area (Å²) in [5, 5.41) is 0. The molecule has 0 unspecified atom stereocenters. The first kappa shape index (κ1) is 12.1. The van der Waals surface area contributed by atoms with Crippen molar-refractivity contribution in [2.75, 3.05) is 0 Å². The molecular formula is C9H10N2O4S2. The van der Waals surface area contributed by atoms with Crippen LogP contribution >= 0.6 is 11.3 Å². The first-order chi connectivity index (χ1) is 7.99. The van der Waals surface area contributed by atoms with Gasteiger partial charge in [0.15, 0.2) is 4.21 Å². The van der Waals surface area contributed by atoms with E-state index in [1.54, 1.807) is 13.0 Å². The third-order valence-electron chi connectivity index (χ3n) is 2.07. The van der Waals surface area contributed by atoms with Gasteiger partial charge in [-0.05, 0) is 13.0 Å². The number of nitrogens with one attached hydrogen (secondary N) is 2. The molecule has 0 spiro atoms. The van der Waals surface area contributed by atoms with Gasteiger partial charge in [0, 0.05) is 17.8 Å². The minimum Gasteiger partial charge on any atom is -0.472 e. The van der Waals surface area contributed by atoms with Gasteiger partial charge in [-0.25, -0.2) is 13.1 Å². The first-order valence-corrected chi connectivity index (χ1v) is 6.99. The quantitative estimate of drug-likeness (QED) is 0.863. The molecule has 0 aromatic carbocycles. The van der Waals surface area contributed by atoms with E-state index in [1.165, 1.54) is 12.5 Å². The number of rotatable bonds is 4. The van der Waals surface area contributed by atoms with Crippen molar-refractivity contribution in [3.63, 3.8) is 0 Å². The normalized spacial score (nSPS) is 11.8. The first-order valence-electron chi connectivity index (χ1n) is 4.69. The van der Waals surface area contributed by atoms with E-state index >= 15 is 0 Å². The molecule has 2 aromatic rings. The topological polar surface area (TPSA) is 92.2 Å². The number of aromatic nitrogens is 1. The minimum absolute atomic E-state index is 0.0194. The molecule has 92 valence electrons. The van der Waals surface area contributed by atoms with E-state index < -0.39 is 10.0 Å². The largest absolute Gasteiger partial charge is 0.472 e. The molecule has 2 N–H and O–H groups in total. The highest BCUT2D eigenvalue weighted by atomic mass is 32.2. The second kappa shape index (κ2) is 4.47. The van der Waals surface area contributed by atoms with Gasteiger partial charge in [0.25, 0.3) is 10.0 Å². The molecule has 0 saturated heterocycles. The van der Waals surface area contributed by atoms with Gasteiger partial charge in [-0.3, -0.25) is 4.79 Å². The number of thiazole rings is 1. The zero-order chi connectivity index (χ0) is 12.5. The molecule has 8 heteroatoms. The van der Waals surface area contributed by atoms with Crippen LogP contribution < -0.4 is 9.60 Å². The summed E-state index contributed by atoms with van der Waals surface area (Å²) in [4.78, 5) is 13.1. The third-order valence-corrected chi connectivity index (χ3v) is 5.08. The molecule has 2 aromatic heterocycles.